The summed E-state index contributed by atoms with van der Waals surface area (Å²) in [5.74, 6) is 1.58. The summed E-state index contributed by atoms with van der Waals surface area (Å²) in [7, 11) is 0. The van der Waals surface area contributed by atoms with Gasteiger partial charge in [0, 0.05) is 24.6 Å². The highest BCUT2D eigenvalue weighted by atomic mass is 16.5. The largest absolute Gasteiger partial charge is 0.492 e. The summed E-state index contributed by atoms with van der Waals surface area (Å²) in [5.41, 5.74) is 8.25. The molecular weight excluding hydrogens is 266 g/mol. The van der Waals surface area contributed by atoms with Gasteiger partial charge in [-0.05, 0) is 37.3 Å². The van der Waals surface area contributed by atoms with Gasteiger partial charge in [-0.2, -0.15) is 5.10 Å². The van der Waals surface area contributed by atoms with Crippen LogP contribution in [0.25, 0.3) is 5.52 Å². The number of hydrogen-bond donors (Lipinski definition) is 2. The zero-order chi connectivity index (χ0) is 14.7. The molecule has 2 heterocycles. The molecule has 0 fully saturated rings. The van der Waals surface area contributed by atoms with Gasteiger partial charge in [0.2, 0.25) is 0 Å². The lowest BCUT2D eigenvalue weighted by atomic mass is 10.3. The highest BCUT2D eigenvalue weighted by Crippen LogP contribution is 2.22. The maximum absolute atomic E-state index is 5.45. The Labute approximate surface area is 122 Å². The molecule has 3 N–H and O–H groups in total. The molecule has 6 heteroatoms. The van der Waals surface area contributed by atoms with Crippen LogP contribution in [0.5, 0.6) is 5.75 Å². The number of nitrogens with two attached hydrogens (primary N) is 1. The SMILES string of the molecule is Cc1cc2c(Nc3ccc(OCCN)cc3)nccn2n1. The minimum Gasteiger partial charge on any atom is -0.492 e. The summed E-state index contributed by atoms with van der Waals surface area (Å²) in [4.78, 5) is 4.37. The fourth-order valence-electron chi connectivity index (χ4n) is 2.09. The van der Waals surface area contributed by atoms with Crippen molar-refractivity contribution in [1.82, 2.24) is 14.6 Å². The predicted octanol–water partition coefficient (Wildman–Crippen LogP) is 2.12. The van der Waals surface area contributed by atoms with Crippen LogP contribution in [-0.2, 0) is 0 Å². The topological polar surface area (TPSA) is 77.5 Å². The average Bonchev–Trinajstić information content (AvgIpc) is 2.88. The normalized spacial score (nSPS) is 10.8. The molecule has 0 saturated heterocycles. The second kappa shape index (κ2) is 5.80. The van der Waals surface area contributed by atoms with E-state index in [1.54, 1.807) is 6.20 Å². The zero-order valence-electron chi connectivity index (χ0n) is 11.8. The third-order valence-corrected chi connectivity index (χ3v) is 3.02. The highest BCUT2D eigenvalue weighted by Gasteiger charge is 2.05. The molecule has 0 unspecified atom stereocenters. The van der Waals surface area contributed by atoms with Crippen LogP contribution >= 0.6 is 0 Å². The third-order valence-electron chi connectivity index (χ3n) is 3.02. The van der Waals surface area contributed by atoms with Crippen molar-refractivity contribution in [2.75, 3.05) is 18.5 Å². The highest BCUT2D eigenvalue weighted by molar-refractivity contribution is 5.73. The van der Waals surface area contributed by atoms with Gasteiger partial charge in [-0.15, -0.1) is 0 Å². The van der Waals surface area contributed by atoms with Crippen molar-refractivity contribution in [1.29, 1.82) is 0 Å². The van der Waals surface area contributed by atoms with Gasteiger partial charge >= 0.3 is 0 Å². The first-order chi connectivity index (χ1) is 10.3. The van der Waals surface area contributed by atoms with Crippen molar-refractivity contribution in [3.8, 4) is 5.75 Å². The first-order valence-corrected chi connectivity index (χ1v) is 6.77. The van der Waals surface area contributed by atoms with Crippen molar-refractivity contribution in [3.63, 3.8) is 0 Å². The van der Waals surface area contributed by atoms with E-state index in [0.717, 1.165) is 28.5 Å². The molecule has 0 spiro atoms. The molecule has 21 heavy (non-hydrogen) atoms. The minimum absolute atomic E-state index is 0.506. The molecule has 0 aliphatic rings. The van der Waals surface area contributed by atoms with E-state index >= 15 is 0 Å². The maximum atomic E-state index is 5.45. The van der Waals surface area contributed by atoms with Gasteiger partial charge in [-0.25, -0.2) is 9.50 Å². The van der Waals surface area contributed by atoms with Crippen LogP contribution in [0.4, 0.5) is 11.5 Å². The smallest absolute Gasteiger partial charge is 0.156 e. The zero-order valence-corrected chi connectivity index (χ0v) is 11.8. The van der Waals surface area contributed by atoms with Crippen LogP contribution < -0.4 is 15.8 Å². The first-order valence-electron chi connectivity index (χ1n) is 6.77. The second-order valence-electron chi connectivity index (χ2n) is 4.68. The van der Waals surface area contributed by atoms with Gasteiger partial charge < -0.3 is 15.8 Å². The summed E-state index contributed by atoms with van der Waals surface area (Å²) in [6, 6.07) is 9.69. The van der Waals surface area contributed by atoms with Crippen molar-refractivity contribution in [3.05, 3.63) is 48.4 Å². The quantitative estimate of drug-likeness (QED) is 0.750. The van der Waals surface area contributed by atoms with Crippen LogP contribution in [0, 0.1) is 6.92 Å². The third kappa shape index (κ3) is 2.95. The van der Waals surface area contributed by atoms with Crippen LogP contribution in [0.1, 0.15) is 5.69 Å². The van der Waals surface area contributed by atoms with E-state index in [2.05, 4.69) is 15.4 Å². The van der Waals surface area contributed by atoms with Crippen LogP contribution in [0.2, 0.25) is 0 Å². The van der Waals surface area contributed by atoms with Crippen molar-refractivity contribution < 1.29 is 4.74 Å². The molecule has 0 atom stereocenters. The Bertz CT molecular complexity index is 735. The number of anilines is 2. The Morgan fingerprint density at radius 2 is 2.10 bits per heavy atom. The lowest BCUT2D eigenvalue weighted by Crippen LogP contribution is -2.10. The second-order valence-corrected chi connectivity index (χ2v) is 4.68. The Morgan fingerprint density at radius 1 is 1.29 bits per heavy atom. The number of nitrogens with one attached hydrogen (secondary N) is 1. The van der Waals surface area contributed by atoms with Gasteiger partial charge in [0.05, 0.1) is 5.69 Å². The Balaban J connectivity index is 1.81. The van der Waals surface area contributed by atoms with Crippen LogP contribution in [0.15, 0.2) is 42.7 Å². The van der Waals surface area contributed by atoms with E-state index in [9.17, 15) is 0 Å². The minimum atomic E-state index is 0.506. The number of rotatable bonds is 5. The van der Waals surface area contributed by atoms with Crippen molar-refractivity contribution in [2.45, 2.75) is 6.92 Å². The molecule has 0 bridgehead atoms. The number of hydrogen-bond acceptors (Lipinski definition) is 5. The van der Waals surface area contributed by atoms with E-state index in [1.165, 1.54) is 0 Å². The number of benzene rings is 1. The Hall–Kier alpha value is -2.60. The Morgan fingerprint density at radius 3 is 2.86 bits per heavy atom. The molecule has 0 radical (unpaired) electrons. The number of nitrogens with zero attached hydrogens (tertiary/aromatic N) is 3. The van der Waals surface area contributed by atoms with Crippen molar-refractivity contribution in [2.24, 2.45) is 5.73 Å². The molecule has 0 saturated carbocycles. The number of aromatic nitrogens is 3. The lowest BCUT2D eigenvalue weighted by molar-refractivity contribution is 0.328. The molecule has 2 aromatic heterocycles. The molecule has 3 aromatic rings. The lowest BCUT2D eigenvalue weighted by Gasteiger charge is -2.08. The van der Waals surface area contributed by atoms with Gasteiger partial charge in [0.1, 0.15) is 17.9 Å². The molecular formula is C15H17N5O. The van der Waals surface area contributed by atoms with Crippen LogP contribution in [0.3, 0.4) is 0 Å². The fraction of sp³-hybridized carbons (Fsp3) is 0.200. The van der Waals surface area contributed by atoms with E-state index < -0.39 is 0 Å². The molecule has 6 nitrogen and oxygen atoms in total. The summed E-state index contributed by atoms with van der Waals surface area (Å²) in [5, 5.41) is 7.66. The molecule has 0 amide bonds. The van der Waals surface area contributed by atoms with Gasteiger partial charge in [0.15, 0.2) is 5.82 Å². The summed E-state index contributed by atoms with van der Waals surface area (Å²) < 4.78 is 7.26. The Kier molecular flexibility index (Phi) is 3.70. The van der Waals surface area contributed by atoms with E-state index in [-0.39, 0.29) is 0 Å². The standard InChI is InChI=1S/C15H17N5O/c1-11-10-14-15(17-7-8-20(14)19-11)18-12-2-4-13(5-3-12)21-9-6-16/h2-5,7-8,10H,6,9,16H2,1H3,(H,17,18). The van der Waals surface area contributed by atoms with E-state index in [4.69, 9.17) is 10.5 Å². The monoisotopic (exact) mass is 283 g/mol. The van der Waals surface area contributed by atoms with Gasteiger partial charge in [-0.3, -0.25) is 0 Å². The molecule has 1 aromatic carbocycles. The van der Waals surface area contributed by atoms with Crippen molar-refractivity contribution >= 4 is 17.0 Å². The molecule has 0 aliphatic heterocycles. The predicted molar refractivity (Wildman–Crippen MR) is 82.0 cm³/mol. The van der Waals surface area contributed by atoms with Gasteiger partial charge in [-0.1, -0.05) is 0 Å². The number of aryl methyl sites for hydroxylation is 1. The summed E-state index contributed by atoms with van der Waals surface area (Å²) in [6.45, 7) is 2.98. The average molecular weight is 283 g/mol. The first kappa shape index (κ1) is 13.4. The number of ether oxygens (including phenoxy) is 1. The summed E-state index contributed by atoms with van der Waals surface area (Å²) >= 11 is 0. The number of fused-ring (bicyclic) bond motifs is 1. The van der Waals surface area contributed by atoms with Crippen LogP contribution in [-0.4, -0.2) is 27.7 Å². The summed E-state index contributed by atoms with van der Waals surface area (Å²) in [6.07, 6.45) is 3.55. The molecule has 108 valence electrons. The molecule has 3 rings (SSSR count). The maximum Gasteiger partial charge on any atom is 0.156 e. The van der Waals surface area contributed by atoms with Gasteiger partial charge in [0.25, 0.3) is 0 Å². The van der Waals surface area contributed by atoms with E-state index in [0.29, 0.717) is 13.2 Å². The fourth-order valence-corrected chi connectivity index (χ4v) is 2.09. The van der Waals surface area contributed by atoms with E-state index in [1.807, 2.05) is 48.0 Å². The molecule has 0 aliphatic carbocycles.